The number of hydrogen-bond donors (Lipinski definition) is 3. The molecule has 5 rings (SSSR count). The van der Waals surface area contributed by atoms with Crippen molar-refractivity contribution in [3.63, 3.8) is 0 Å². The Kier molecular flexibility index (Phi) is 10.0. The molecule has 0 radical (unpaired) electrons. The molecule has 0 aromatic carbocycles. The fraction of sp³-hybridized carbons (Fsp3) is 0.769. The minimum absolute atomic E-state index is 0.127. The molecule has 1 aromatic heterocycles. The Bertz CT molecular complexity index is 1330. The highest BCUT2D eigenvalue weighted by Gasteiger charge is 2.63. The van der Waals surface area contributed by atoms with Crippen LogP contribution in [-0.4, -0.2) is 40.5 Å². The van der Waals surface area contributed by atoms with Gasteiger partial charge in [0.15, 0.2) is 0 Å². The first-order valence-corrected chi connectivity index (χ1v) is 18.2. The molecule has 7 heteroatoms. The third-order valence-electron chi connectivity index (χ3n) is 13.8. The summed E-state index contributed by atoms with van der Waals surface area (Å²) >= 11 is 0. The van der Waals surface area contributed by atoms with Crippen molar-refractivity contribution in [3.8, 4) is 0 Å². The molecule has 46 heavy (non-hydrogen) atoms. The van der Waals surface area contributed by atoms with Crippen molar-refractivity contribution in [1.82, 2.24) is 15.3 Å². The minimum atomic E-state index is -0.778. The van der Waals surface area contributed by atoms with Gasteiger partial charge < -0.3 is 20.8 Å². The van der Waals surface area contributed by atoms with Gasteiger partial charge in [0.2, 0.25) is 5.91 Å². The van der Waals surface area contributed by atoms with Crippen LogP contribution in [0.3, 0.4) is 0 Å². The number of aromatic amines is 1. The van der Waals surface area contributed by atoms with Crippen molar-refractivity contribution in [2.24, 2.45) is 45.1 Å². The van der Waals surface area contributed by atoms with Crippen molar-refractivity contribution in [1.29, 1.82) is 0 Å². The highest BCUT2D eigenvalue weighted by Crippen LogP contribution is 2.72. The fourth-order valence-electron chi connectivity index (χ4n) is 11.1. The second-order valence-electron chi connectivity index (χ2n) is 16.9. The van der Waals surface area contributed by atoms with Crippen molar-refractivity contribution in [3.05, 3.63) is 41.0 Å². The summed E-state index contributed by atoms with van der Waals surface area (Å²) in [5, 5.41) is 2.88. The van der Waals surface area contributed by atoms with E-state index in [9.17, 15) is 9.59 Å². The number of imidazole rings is 1. The Balaban J connectivity index is 1.34. The molecule has 0 unspecified atom stereocenters. The Labute approximate surface area is 278 Å². The molecule has 2 saturated carbocycles. The number of fused-ring (bicyclic) bond motifs is 4. The van der Waals surface area contributed by atoms with Gasteiger partial charge in [0, 0.05) is 36.7 Å². The van der Waals surface area contributed by atoms with Gasteiger partial charge in [0.05, 0.1) is 6.33 Å². The summed E-state index contributed by atoms with van der Waals surface area (Å²) in [6.45, 7) is 19.7. The molecule has 0 saturated heterocycles. The molecular weight excluding hydrogens is 572 g/mol. The van der Waals surface area contributed by atoms with Gasteiger partial charge in [-0.25, -0.2) is 9.78 Å². The number of carbonyl (C=O) groups excluding carboxylic acids is 2. The van der Waals surface area contributed by atoms with Crippen molar-refractivity contribution in [2.45, 2.75) is 145 Å². The highest BCUT2D eigenvalue weighted by atomic mass is 16.5. The van der Waals surface area contributed by atoms with Crippen LogP contribution < -0.4 is 11.1 Å². The van der Waals surface area contributed by atoms with E-state index in [0.29, 0.717) is 17.8 Å². The average Bonchev–Trinajstić information content (AvgIpc) is 3.59. The SMILES string of the molecule is CC(C)=CCC[C@@H](C)[C@H]1CC[C@@]2(C)C3=C(CC[C@]12C)[C@@]1(C)CC[C@H](OC(=O)[C@H](Cc2cnc[nH]2)NC(=O)CCN)C(C)(C)[C@@H]1CC3. The Hall–Kier alpha value is -2.41. The maximum atomic E-state index is 13.7. The normalized spacial score (nSPS) is 34.5. The topological polar surface area (TPSA) is 110 Å². The van der Waals surface area contributed by atoms with Gasteiger partial charge in [-0.1, -0.05) is 64.3 Å². The van der Waals surface area contributed by atoms with E-state index in [4.69, 9.17) is 10.5 Å². The predicted octanol–water partition coefficient (Wildman–Crippen LogP) is 7.83. The predicted molar refractivity (Wildman–Crippen MR) is 185 cm³/mol. The van der Waals surface area contributed by atoms with E-state index in [1.165, 1.54) is 50.5 Å². The highest BCUT2D eigenvalue weighted by molar-refractivity contribution is 5.84. The van der Waals surface area contributed by atoms with Gasteiger partial charge in [-0.2, -0.15) is 0 Å². The summed E-state index contributed by atoms with van der Waals surface area (Å²) in [5.41, 5.74) is 12.0. The number of nitrogens with two attached hydrogens (primary N) is 1. The number of esters is 1. The molecule has 0 bridgehead atoms. The second kappa shape index (κ2) is 13.2. The maximum absolute atomic E-state index is 13.7. The van der Waals surface area contributed by atoms with Gasteiger partial charge in [-0.15, -0.1) is 0 Å². The van der Waals surface area contributed by atoms with Crippen LogP contribution in [0.25, 0.3) is 0 Å². The first-order chi connectivity index (χ1) is 21.7. The van der Waals surface area contributed by atoms with E-state index in [-0.39, 0.29) is 47.2 Å². The zero-order valence-corrected chi connectivity index (χ0v) is 30.1. The number of nitrogens with one attached hydrogen (secondary N) is 2. The van der Waals surface area contributed by atoms with Crippen LogP contribution in [0, 0.1) is 39.4 Å². The minimum Gasteiger partial charge on any atom is -0.460 e. The van der Waals surface area contributed by atoms with Crippen LogP contribution in [0.15, 0.2) is 35.3 Å². The quantitative estimate of drug-likeness (QED) is 0.170. The number of ether oxygens (including phenoxy) is 1. The lowest BCUT2D eigenvalue weighted by molar-refractivity contribution is -0.172. The van der Waals surface area contributed by atoms with Gasteiger partial charge in [-0.3, -0.25) is 4.79 Å². The summed E-state index contributed by atoms with van der Waals surface area (Å²) in [7, 11) is 0. The molecule has 4 N–H and O–H groups in total. The molecule has 1 amide bonds. The lowest BCUT2D eigenvalue weighted by atomic mass is 9.43. The Morgan fingerprint density at radius 2 is 1.85 bits per heavy atom. The van der Waals surface area contributed by atoms with E-state index in [0.717, 1.165) is 36.8 Å². The van der Waals surface area contributed by atoms with Crippen molar-refractivity contribution < 1.29 is 14.3 Å². The van der Waals surface area contributed by atoms with E-state index < -0.39 is 6.04 Å². The van der Waals surface area contributed by atoms with Gasteiger partial charge in [0.1, 0.15) is 12.1 Å². The summed E-state index contributed by atoms with van der Waals surface area (Å²) < 4.78 is 6.38. The average molecular weight is 635 g/mol. The van der Waals surface area contributed by atoms with Crippen molar-refractivity contribution >= 4 is 11.9 Å². The van der Waals surface area contributed by atoms with Crippen LogP contribution in [-0.2, 0) is 20.7 Å². The second-order valence-corrected chi connectivity index (χ2v) is 16.9. The standard InChI is InChI=1S/C39H62N4O3/c1-25(2)10-9-11-26(3)28-14-19-39(8)30-12-13-32-36(4,5)33(16-18-37(32,6)29(30)15-20-38(28,39)7)46-35(45)31(43-34(44)17-21-40)22-27-23-41-24-42-27/h10,23-24,26,28,31-33H,9,11-22,40H2,1-8H3,(H,41,42)(H,43,44)/t26-,28-,31+,32+,33+,37-,38-,39+/m1/s1. The fourth-order valence-corrected chi connectivity index (χ4v) is 11.1. The van der Waals surface area contributed by atoms with Crippen LogP contribution in [0.4, 0.5) is 0 Å². The first kappa shape index (κ1) is 34.9. The Morgan fingerprint density at radius 3 is 2.52 bits per heavy atom. The number of carbonyl (C=O) groups is 2. The molecular formula is C39H62N4O3. The monoisotopic (exact) mass is 634 g/mol. The summed E-state index contributed by atoms with van der Waals surface area (Å²) in [4.78, 5) is 33.3. The maximum Gasteiger partial charge on any atom is 0.329 e. The van der Waals surface area contributed by atoms with Gasteiger partial charge >= 0.3 is 5.97 Å². The van der Waals surface area contributed by atoms with Crippen LogP contribution in [0.2, 0.25) is 0 Å². The molecule has 7 nitrogen and oxygen atoms in total. The zero-order valence-electron chi connectivity index (χ0n) is 30.1. The lowest BCUT2D eigenvalue weighted by Gasteiger charge is -2.62. The summed E-state index contributed by atoms with van der Waals surface area (Å²) in [6, 6.07) is -0.778. The van der Waals surface area contributed by atoms with Gasteiger partial charge in [-0.05, 0) is 112 Å². The molecule has 0 spiro atoms. The Morgan fingerprint density at radius 1 is 1.09 bits per heavy atom. The molecule has 2 fully saturated rings. The number of amides is 1. The van der Waals surface area contributed by atoms with E-state index in [1.54, 1.807) is 23.7 Å². The number of rotatable bonds is 11. The molecule has 1 heterocycles. The van der Waals surface area contributed by atoms with E-state index in [2.05, 4.69) is 76.8 Å². The molecule has 4 aliphatic carbocycles. The summed E-state index contributed by atoms with van der Waals surface area (Å²) in [6.07, 6.45) is 17.8. The number of hydrogen-bond acceptors (Lipinski definition) is 5. The summed E-state index contributed by atoms with van der Waals surface area (Å²) in [5.74, 6) is 1.37. The number of H-pyrrole nitrogens is 1. The molecule has 4 aliphatic rings. The molecule has 1 aromatic rings. The molecule has 256 valence electrons. The molecule has 0 aliphatic heterocycles. The van der Waals surface area contributed by atoms with Gasteiger partial charge in [0.25, 0.3) is 0 Å². The van der Waals surface area contributed by atoms with E-state index in [1.807, 2.05) is 0 Å². The third kappa shape index (κ3) is 6.15. The molecule has 8 atom stereocenters. The number of allylic oxidation sites excluding steroid dienone is 4. The van der Waals surface area contributed by atoms with E-state index >= 15 is 0 Å². The van der Waals surface area contributed by atoms with Crippen molar-refractivity contribution in [2.75, 3.05) is 6.54 Å². The number of nitrogens with zero attached hydrogens (tertiary/aromatic N) is 1. The smallest absolute Gasteiger partial charge is 0.329 e. The lowest BCUT2D eigenvalue weighted by Crippen LogP contribution is -2.56. The van der Waals surface area contributed by atoms with Crippen LogP contribution in [0.1, 0.15) is 132 Å². The number of aromatic nitrogens is 2. The van der Waals surface area contributed by atoms with Crippen LogP contribution in [0.5, 0.6) is 0 Å². The first-order valence-electron chi connectivity index (χ1n) is 18.2. The third-order valence-corrected chi connectivity index (χ3v) is 13.8. The largest absolute Gasteiger partial charge is 0.460 e. The zero-order chi connectivity index (χ0) is 33.5. The van der Waals surface area contributed by atoms with Crippen LogP contribution >= 0.6 is 0 Å².